The Labute approximate surface area is 104 Å². The second-order valence-corrected chi connectivity index (χ2v) is 4.13. The minimum Gasteiger partial charge on any atom is -0.508 e. The molecule has 0 saturated carbocycles. The molecule has 1 aromatic carbocycles. The Kier molecular flexibility index (Phi) is 3.36. The van der Waals surface area contributed by atoms with Gasteiger partial charge in [0.2, 0.25) is 0 Å². The molecule has 1 saturated heterocycles. The highest BCUT2D eigenvalue weighted by Crippen LogP contribution is 2.32. The average molecular weight is 250 g/mol. The molecule has 1 aliphatic heterocycles. The molecule has 1 atom stereocenters. The number of primary amides is 1. The number of nitrogens with zero attached hydrogens (tertiary/aromatic N) is 1. The Morgan fingerprint density at radius 2 is 2.00 bits per heavy atom. The minimum atomic E-state index is -1.10. The van der Waals surface area contributed by atoms with E-state index >= 15 is 0 Å². The summed E-state index contributed by atoms with van der Waals surface area (Å²) in [6, 6.07) is 6.47. The van der Waals surface area contributed by atoms with Gasteiger partial charge in [-0.05, 0) is 30.5 Å². The minimum absolute atomic E-state index is 0.141. The number of phenols is 1. The van der Waals surface area contributed by atoms with Gasteiger partial charge in [-0.3, -0.25) is 0 Å². The zero-order chi connectivity index (χ0) is 13.1. The maximum Gasteiger partial charge on any atom is 0.419 e. The first kappa shape index (κ1) is 12.2. The zero-order valence-corrected chi connectivity index (χ0v) is 9.70. The van der Waals surface area contributed by atoms with Crippen LogP contribution in [0.4, 0.5) is 9.59 Å². The molecule has 0 aliphatic carbocycles. The lowest BCUT2D eigenvalue weighted by Gasteiger charge is -2.23. The molecular formula is C12H14N2O4. The molecule has 2 rings (SSSR count). The molecule has 6 heteroatoms. The Hall–Kier alpha value is -2.24. The molecule has 3 N–H and O–H groups in total. The lowest BCUT2D eigenvalue weighted by Crippen LogP contribution is -2.34. The van der Waals surface area contributed by atoms with Crippen LogP contribution in [-0.4, -0.2) is 28.7 Å². The van der Waals surface area contributed by atoms with Gasteiger partial charge < -0.3 is 20.5 Å². The van der Waals surface area contributed by atoms with Gasteiger partial charge in [-0.15, -0.1) is 0 Å². The van der Waals surface area contributed by atoms with E-state index in [2.05, 4.69) is 4.74 Å². The zero-order valence-electron chi connectivity index (χ0n) is 9.70. The van der Waals surface area contributed by atoms with Crippen molar-refractivity contribution >= 4 is 12.2 Å². The normalized spacial score (nSPS) is 18.7. The summed E-state index contributed by atoms with van der Waals surface area (Å²) in [5.41, 5.74) is 5.72. The molecule has 1 heterocycles. The van der Waals surface area contributed by atoms with E-state index in [1.165, 1.54) is 4.90 Å². The van der Waals surface area contributed by atoms with Crippen LogP contribution in [0, 0.1) is 0 Å². The summed E-state index contributed by atoms with van der Waals surface area (Å²) in [6.07, 6.45) is -0.202. The van der Waals surface area contributed by atoms with E-state index < -0.39 is 12.2 Å². The summed E-state index contributed by atoms with van der Waals surface area (Å²) in [7, 11) is 0. The van der Waals surface area contributed by atoms with Crippen molar-refractivity contribution in [3.05, 3.63) is 29.8 Å². The molecule has 1 aromatic rings. The van der Waals surface area contributed by atoms with Crippen LogP contribution in [0.1, 0.15) is 24.4 Å². The van der Waals surface area contributed by atoms with Crippen molar-refractivity contribution in [1.29, 1.82) is 0 Å². The monoisotopic (exact) mass is 250 g/mol. The molecule has 2 amide bonds. The quantitative estimate of drug-likeness (QED) is 0.742. The predicted octanol–water partition coefficient (Wildman–Crippen LogP) is 1.74. The van der Waals surface area contributed by atoms with Gasteiger partial charge >= 0.3 is 12.2 Å². The standard InChI is InChI=1S/C12H14N2O4/c13-11(16)18-12(17)14-7-1-2-10(14)8-3-5-9(15)6-4-8/h3-6,10,15H,1-2,7H2,(H2,13,16). The highest BCUT2D eigenvalue weighted by Gasteiger charge is 2.31. The lowest BCUT2D eigenvalue weighted by atomic mass is 10.0. The molecule has 0 radical (unpaired) electrons. The molecule has 0 spiro atoms. The molecule has 1 fully saturated rings. The molecule has 96 valence electrons. The third kappa shape index (κ3) is 2.53. The molecule has 6 nitrogen and oxygen atoms in total. The average Bonchev–Trinajstić information content (AvgIpc) is 2.78. The number of ether oxygens (including phenoxy) is 1. The number of aromatic hydroxyl groups is 1. The molecule has 1 aliphatic rings. The van der Waals surface area contributed by atoms with Crippen LogP contribution in [-0.2, 0) is 4.74 Å². The first-order valence-corrected chi connectivity index (χ1v) is 5.65. The van der Waals surface area contributed by atoms with Crippen molar-refractivity contribution in [3.8, 4) is 5.75 Å². The summed E-state index contributed by atoms with van der Waals surface area (Å²) < 4.78 is 4.39. The summed E-state index contributed by atoms with van der Waals surface area (Å²) in [4.78, 5) is 23.7. The number of rotatable bonds is 1. The van der Waals surface area contributed by atoms with Crippen molar-refractivity contribution < 1.29 is 19.4 Å². The van der Waals surface area contributed by atoms with E-state index in [1.807, 2.05) is 0 Å². The van der Waals surface area contributed by atoms with E-state index in [4.69, 9.17) is 5.73 Å². The van der Waals surface area contributed by atoms with Crippen molar-refractivity contribution in [2.75, 3.05) is 6.54 Å². The number of carbonyl (C=O) groups is 2. The van der Waals surface area contributed by atoms with E-state index in [-0.39, 0.29) is 11.8 Å². The van der Waals surface area contributed by atoms with Gasteiger partial charge in [0.05, 0.1) is 6.04 Å². The van der Waals surface area contributed by atoms with E-state index in [0.29, 0.717) is 6.54 Å². The third-order valence-electron chi connectivity index (χ3n) is 2.95. The number of phenolic OH excluding ortho intramolecular Hbond substituents is 1. The molecule has 18 heavy (non-hydrogen) atoms. The number of hydrogen-bond donors (Lipinski definition) is 2. The highest BCUT2D eigenvalue weighted by atomic mass is 16.6. The Morgan fingerprint density at radius 1 is 1.33 bits per heavy atom. The molecular weight excluding hydrogens is 236 g/mol. The van der Waals surface area contributed by atoms with Gasteiger partial charge in [-0.25, -0.2) is 9.59 Å². The summed E-state index contributed by atoms with van der Waals surface area (Å²) in [6.45, 7) is 0.525. The van der Waals surface area contributed by atoms with Gasteiger partial charge in [0.25, 0.3) is 0 Å². The Morgan fingerprint density at radius 3 is 2.61 bits per heavy atom. The van der Waals surface area contributed by atoms with Gasteiger partial charge in [0.1, 0.15) is 5.75 Å². The number of likely N-dealkylation sites (tertiary alicyclic amines) is 1. The summed E-state index contributed by atoms with van der Waals surface area (Å²) in [5, 5.41) is 9.23. The highest BCUT2D eigenvalue weighted by molar-refractivity contribution is 5.82. The van der Waals surface area contributed by atoms with Gasteiger partial charge in [0, 0.05) is 6.54 Å². The molecule has 1 unspecified atom stereocenters. The van der Waals surface area contributed by atoms with Crippen LogP contribution in [0.3, 0.4) is 0 Å². The first-order chi connectivity index (χ1) is 8.58. The van der Waals surface area contributed by atoms with E-state index in [1.54, 1.807) is 24.3 Å². The van der Waals surface area contributed by atoms with Gasteiger partial charge in [-0.1, -0.05) is 12.1 Å². The van der Waals surface area contributed by atoms with Crippen LogP contribution in [0.15, 0.2) is 24.3 Å². The van der Waals surface area contributed by atoms with Crippen LogP contribution in [0.2, 0.25) is 0 Å². The van der Waals surface area contributed by atoms with E-state index in [0.717, 1.165) is 18.4 Å². The van der Waals surface area contributed by atoms with Crippen LogP contribution in [0.25, 0.3) is 0 Å². The number of nitrogens with two attached hydrogens (primary N) is 1. The fourth-order valence-corrected chi connectivity index (χ4v) is 2.17. The number of benzene rings is 1. The SMILES string of the molecule is NC(=O)OC(=O)N1CCCC1c1ccc(O)cc1. The van der Waals surface area contributed by atoms with Crippen LogP contribution < -0.4 is 5.73 Å². The largest absolute Gasteiger partial charge is 0.508 e. The summed E-state index contributed by atoms with van der Waals surface area (Å²) >= 11 is 0. The fraction of sp³-hybridized carbons (Fsp3) is 0.333. The lowest BCUT2D eigenvalue weighted by molar-refractivity contribution is 0.118. The number of amides is 2. The number of carbonyl (C=O) groups excluding carboxylic acids is 2. The van der Waals surface area contributed by atoms with Crippen molar-refractivity contribution in [1.82, 2.24) is 4.90 Å². The first-order valence-electron chi connectivity index (χ1n) is 5.65. The van der Waals surface area contributed by atoms with Crippen LogP contribution in [0.5, 0.6) is 5.75 Å². The van der Waals surface area contributed by atoms with Gasteiger partial charge in [-0.2, -0.15) is 0 Å². The van der Waals surface area contributed by atoms with Gasteiger partial charge in [0.15, 0.2) is 0 Å². The third-order valence-corrected chi connectivity index (χ3v) is 2.95. The summed E-state index contributed by atoms with van der Waals surface area (Å²) in [5.74, 6) is 0.169. The Bertz CT molecular complexity index is 458. The molecule has 0 aromatic heterocycles. The maximum atomic E-state index is 11.7. The number of hydrogen-bond acceptors (Lipinski definition) is 4. The Balaban J connectivity index is 2.14. The second-order valence-electron chi connectivity index (χ2n) is 4.13. The van der Waals surface area contributed by atoms with Crippen molar-refractivity contribution in [2.24, 2.45) is 5.73 Å². The predicted molar refractivity (Wildman–Crippen MR) is 62.9 cm³/mol. The topological polar surface area (TPSA) is 92.9 Å². The molecule has 0 bridgehead atoms. The van der Waals surface area contributed by atoms with Crippen molar-refractivity contribution in [3.63, 3.8) is 0 Å². The van der Waals surface area contributed by atoms with Crippen LogP contribution >= 0.6 is 0 Å². The fourth-order valence-electron chi connectivity index (χ4n) is 2.17. The van der Waals surface area contributed by atoms with E-state index in [9.17, 15) is 14.7 Å². The second kappa shape index (κ2) is 4.95. The van der Waals surface area contributed by atoms with Crippen molar-refractivity contribution in [2.45, 2.75) is 18.9 Å². The maximum absolute atomic E-state index is 11.7. The smallest absolute Gasteiger partial charge is 0.419 e.